The molecule has 1 saturated heterocycles. The predicted molar refractivity (Wildman–Crippen MR) is 87.7 cm³/mol. The van der Waals surface area contributed by atoms with Gasteiger partial charge in [-0.3, -0.25) is 9.59 Å². The minimum absolute atomic E-state index is 0.130. The first kappa shape index (κ1) is 16.6. The molecular weight excluding hydrogens is 334 g/mol. The van der Waals surface area contributed by atoms with Crippen molar-refractivity contribution in [2.45, 2.75) is 25.3 Å². The van der Waals surface area contributed by atoms with Crippen molar-refractivity contribution in [2.24, 2.45) is 0 Å². The van der Waals surface area contributed by atoms with Crippen molar-refractivity contribution in [2.75, 3.05) is 11.9 Å². The first-order chi connectivity index (χ1) is 11.5. The molecule has 0 radical (unpaired) electrons. The summed E-state index contributed by atoms with van der Waals surface area (Å²) in [6, 6.07) is 5.96. The number of nitrogens with one attached hydrogen (secondary N) is 1. The van der Waals surface area contributed by atoms with E-state index in [0.717, 1.165) is 23.1 Å². The van der Waals surface area contributed by atoms with Gasteiger partial charge in [-0.2, -0.15) is 0 Å². The van der Waals surface area contributed by atoms with E-state index in [1.54, 1.807) is 0 Å². The van der Waals surface area contributed by atoms with Gasteiger partial charge in [0.25, 0.3) is 0 Å². The summed E-state index contributed by atoms with van der Waals surface area (Å²) in [5.74, 6) is -1.96. The Hall–Kier alpha value is -2.28. The fourth-order valence-electron chi connectivity index (χ4n) is 2.81. The summed E-state index contributed by atoms with van der Waals surface area (Å²) in [5.41, 5.74) is -0.211. The van der Waals surface area contributed by atoms with E-state index in [-0.39, 0.29) is 18.0 Å². The molecular formula is C17H16F2N2O2S. The summed E-state index contributed by atoms with van der Waals surface area (Å²) in [6.45, 7) is 0.494. The maximum Gasteiger partial charge on any atom is 0.247 e. The van der Waals surface area contributed by atoms with E-state index in [1.807, 2.05) is 17.5 Å². The lowest BCUT2D eigenvalue weighted by Gasteiger charge is -2.24. The zero-order chi connectivity index (χ0) is 17.1. The summed E-state index contributed by atoms with van der Waals surface area (Å²) < 4.78 is 26.9. The average Bonchev–Trinajstić information content (AvgIpc) is 3.21. The highest BCUT2D eigenvalue weighted by molar-refractivity contribution is 7.10. The molecule has 1 aromatic carbocycles. The van der Waals surface area contributed by atoms with E-state index in [1.165, 1.54) is 16.2 Å². The molecule has 0 bridgehead atoms. The van der Waals surface area contributed by atoms with Crippen molar-refractivity contribution < 1.29 is 18.4 Å². The third-order valence-corrected chi connectivity index (χ3v) is 4.84. The number of carbonyl (C=O) groups is 2. The van der Waals surface area contributed by atoms with E-state index >= 15 is 0 Å². The normalized spacial score (nSPS) is 17.1. The highest BCUT2D eigenvalue weighted by Gasteiger charge is 2.34. The van der Waals surface area contributed by atoms with Crippen LogP contribution in [0, 0.1) is 11.6 Å². The first-order valence-corrected chi connectivity index (χ1v) is 8.50. The molecule has 1 N–H and O–H groups in total. The van der Waals surface area contributed by atoms with E-state index < -0.39 is 23.6 Å². The Morgan fingerprint density at radius 3 is 2.88 bits per heavy atom. The number of carbonyl (C=O) groups excluding carboxylic acids is 2. The number of anilines is 1. The Balaban J connectivity index is 1.69. The number of halogens is 2. The monoisotopic (exact) mass is 350 g/mol. The summed E-state index contributed by atoms with van der Waals surface area (Å²) in [7, 11) is 0. The smallest absolute Gasteiger partial charge is 0.247 e. The van der Waals surface area contributed by atoms with Crippen molar-refractivity contribution in [3.8, 4) is 0 Å². The van der Waals surface area contributed by atoms with Gasteiger partial charge in [0.2, 0.25) is 11.8 Å². The number of likely N-dealkylation sites (tertiary alicyclic amines) is 1. The zero-order valence-corrected chi connectivity index (χ0v) is 13.6. The molecule has 2 heterocycles. The summed E-state index contributed by atoms with van der Waals surface area (Å²) >= 11 is 1.49. The maximum atomic E-state index is 13.7. The first-order valence-electron chi connectivity index (χ1n) is 7.62. The van der Waals surface area contributed by atoms with Gasteiger partial charge in [-0.25, -0.2) is 8.78 Å². The van der Waals surface area contributed by atoms with Crippen molar-refractivity contribution in [1.82, 2.24) is 4.90 Å². The van der Waals surface area contributed by atoms with Gasteiger partial charge in [0.15, 0.2) is 0 Å². The van der Waals surface area contributed by atoms with Crippen LogP contribution in [0.3, 0.4) is 0 Å². The second-order valence-corrected chi connectivity index (χ2v) is 6.65. The predicted octanol–water partition coefficient (Wildman–Crippen LogP) is 3.20. The lowest BCUT2D eigenvalue weighted by atomic mass is 10.2. The average molecular weight is 350 g/mol. The zero-order valence-electron chi connectivity index (χ0n) is 12.8. The van der Waals surface area contributed by atoms with Crippen LogP contribution in [0.2, 0.25) is 0 Å². The third-order valence-electron chi connectivity index (χ3n) is 3.97. The molecule has 0 saturated carbocycles. The topological polar surface area (TPSA) is 49.4 Å². The molecule has 4 nitrogen and oxygen atoms in total. The van der Waals surface area contributed by atoms with Gasteiger partial charge in [-0.15, -0.1) is 11.3 Å². The molecule has 126 valence electrons. The minimum atomic E-state index is -0.709. The summed E-state index contributed by atoms with van der Waals surface area (Å²) in [5, 5.41) is 4.28. The fraction of sp³-hybridized carbons (Fsp3) is 0.294. The maximum absolute atomic E-state index is 13.7. The van der Waals surface area contributed by atoms with Crippen molar-refractivity contribution >= 4 is 28.8 Å². The summed E-state index contributed by atoms with van der Waals surface area (Å²) in [6.07, 6.45) is 1.47. The SMILES string of the molecule is O=C(Nc1cc(F)ccc1F)C1CCCN1C(=O)Cc1cccs1. The van der Waals surface area contributed by atoms with E-state index in [0.29, 0.717) is 19.4 Å². The van der Waals surface area contributed by atoms with Crippen molar-refractivity contribution in [1.29, 1.82) is 0 Å². The molecule has 2 aromatic rings. The van der Waals surface area contributed by atoms with Crippen LogP contribution < -0.4 is 5.32 Å². The van der Waals surface area contributed by atoms with Gasteiger partial charge >= 0.3 is 0 Å². The van der Waals surface area contributed by atoms with Gasteiger partial charge in [0.05, 0.1) is 12.1 Å². The van der Waals surface area contributed by atoms with E-state index in [9.17, 15) is 18.4 Å². The van der Waals surface area contributed by atoms with Gasteiger partial charge in [-0.05, 0) is 36.4 Å². The van der Waals surface area contributed by atoms with Crippen molar-refractivity contribution in [3.63, 3.8) is 0 Å². The Kier molecular flexibility index (Phi) is 4.89. The molecule has 1 aliphatic heterocycles. The van der Waals surface area contributed by atoms with Crippen LogP contribution >= 0.6 is 11.3 Å². The molecule has 1 fully saturated rings. The van der Waals surface area contributed by atoms with Gasteiger partial charge in [0, 0.05) is 17.5 Å². The second kappa shape index (κ2) is 7.09. The van der Waals surface area contributed by atoms with E-state index in [4.69, 9.17) is 0 Å². The number of rotatable bonds is 4. The Bertz CT molecular complexity index is 749. The van der Waals surface area contributed by atoms with Gasteiger partial charge in [0.1, 0.15) is 17.7 Å². The quantitative estimate of drug-likeness (QED) is 0.921. The molecule has 1 atom stereocenters. The Morgan fingerprint density at radius 1 is 1.29 bits per heavy atom. The number of nitrogens with zero attached hydrogens (tertiary/aromatic N) is 1. The molecule has 0 aliphatic carbocycles. The molecule has 1 unspecified atom stereocenters. The highest BCUT2D eigenvalue weighted by Crippen LogP contribution is 2.22. The number of hydrogen-bond donors (Lipinski definition) is 1. The lowest BCUT2D eigenvalue weighted by Crippen LogP contribution is -2.43. The van der Waals surface area contributed by atoms with Crippen LogP contribution in [-0.2, 0) is 16.0 Å². The molecule has 24 heavy (non-hydrogen) atoms. The molecule has 0 spiro atoms. The van der Waals surface area contributed by atoms with Crippen LogP contribution in [0.25, 0.3) is 0 Å². The van der Waals surface area contributed by atoms with E-state index in [2.05, 4.69) is 5.32 Å². The Morgan fingerprint density at radius 2 is 2.12 bits per heavy atom. The second-order valence-electron chi connectivity index (χ2n) is 5.61. The number of hydrogen-bond acceptors (Lipinski definition) is 3. The number of benzene rings is 1. The van der Waals surface area contributed by atoms with Gasteiger partial charge < -0.3 is 10.2 Å². The number of amides is 2. The van der Waals surface area contributed by atoms with Crippen molar-refractivity contribution in [3.05, 3.63) is 52.2 Å². The molecule has 1 aliphatic rings. The Labute approximate surface area is 142 Å². The molecule has 2 amide bonds. The highest BCUT2D eigenvalue weighted by atomic mass is 32.1. The van der Waals surface area contributed by atoms with Crippen LogP contribution in [-0.4, -0.2) is 29.3 Å². The van der Waals surface area contributed by atoms with Crippen LogP contribution in [0.5, 0.6) is 0 Å². The van der Waals surface area contributed by atoms with Crippen LogP contribution in [0.15, 0.2) is 35.7 Å². The van der Waals surface area contributed by atoms with Crippen LogP contribution in [0.1, 0.15) is 17.7 Å². The lowest BCUT2D eigenvalue weighted by molar-refractivity contribution is -0.136. The van der Waals surface area contributed by atoms with Gasteiger partial charge in [-0.1, -0.05) is 6.07 Å². The number of thiophene rings is 1. The van der Waals surface area contributed by atoms with Crippen LogP contribution in [0.4, 0.5) is 14.5 Å². The standard InChI is InChI=1S/C17H16F2N2O2S/c18-11-5-6-13(19)14(9-11)20-17(23)15-4-1-7-21(15)16(22)10-12-3-2-8-24-12/h2-3,5-6,8-9,15H,1,4,7,10H2,(H,20,23). The molecule has 1 aromatic heterocycles. The summed E-state index contributed by atoms with van der Waals surface area (Å²) in [4.78, 5) is 27.3. The largest absolute Gasteiger partial charge is 0.330 e. The minimum Gasteiger partial charge on any atom is -0.330 e. The fourth-order valence-corrected chi connectivity index (χ4v) is 3.51. The molecule has 7 heteroatoms. The third kappa shape index (κ3) is 3.62. The molecule has 3 rings (SSSR count).